The molecule has 27 heavy (non-hydrogen) atoms. The summed E-state index contributed by atoms with van der Waals surface area (Å²) in [5, 5.41) is 0. The highest BCUT2D eigenvalue weighted by molar-refractivity contribution is 5.91. The quantitative estimate of drug-likeness (QED) is 0.679. The number of carbonyl (C=O) groups excluding carboxylic acids is 3. The molecule has 148 valence electrons. The van der Waals surface area contributed by atoms with Gasteiger partial charge in [-0.05, 0) is 74.2 Å². The first-order valence-corrected chi connectivity index (χ1v) is 10.6. The molecule has 0 amide bonds. The summed E-state index contributed by atoms with van der Waals surface area (Å²) in [6.45, 7) is 7.77. The number of ketones is 2. The number of fused-ring (bicyclic) bond motifs is 5. The van der Waals surface area contributed by atoms with Crippen LogP contribution in [0, 0.1) is 34.5 Å². The Labute approximate surface area is 162 Å². The van der Waals surface area contributed by atoms with Crippen LogP contribution < -0.4 is 0 Å². The first-order chi connectivity index (χ1) is 12.7. The van der Waals surface area contributed by atoms with Crippen LogP contribution in [0.1, 0.15) is 72.6 Å². The third kappa shape index (κ3) is 2.74. The van der Waals surface area contributed by atoms with Gasteiger partial charge in [0.25, 0.3) is 0 Å². The molecule has 4 nitrogen and oxygen atoms in total. The third-order valence-electron chi connectivity index (χ3n) is 8.68. The summed E-state index contributed by atoms with van der Waals surface area (Å²) in [5.74, 6) is 1.61. The molecule has 0 aromatic heterocycles. The molecule has 4 aliphatic carbocycles. The summed E-state index contributed by atoms with van der Waals surface area (Å²) in [7, 11) is 0. The van der Waals surface area contributed by atoms with Gasteiger partial charge in [-0.1, -0.05) is 19.4 Å². The summed E-state index contributed by atoms with van der Waals surface area (Å²) in [5.41, 5.74) is 1.13. The fourth-order valence-corrected chi connectivity index (χ4v) is 7.64. The van der Waals surface area contributed by atoms with Gasteiger partial charge in [-0.15, -0.1) is 0 Å². The van der Waals surface area contributed by atoms with E-state index < -0.39 is 0 Å². The molecule has 3 saturated carbocycles. The van der Waals surface area contributed by atoms with Crippen LogP contribution in [0.5, 0.6) is 0 Å². The van der Waals surface area contributed by atoms with Crippen molar-refractivity contribution in [3.63, 3.8) is 0 Å². The minimum atomic E-state index is -0.232. The van der Waals surface area contributed by atoms with Crippen LogP contribution in [-0.2, 0) is 19.1 Å². The minimum absolute atomic E-state index is 0.0629. The predicted octanol–water partition coefficient (Wildman–Crippen LogP) is 4.27. The van der Waals surface area contributed by atoms with Gasteiger partial charge in [-0.3, -0.25) is 14.4 Å². The average molecular weight is 373 g/mol. The first kappa shape index (κ1) is 18.9. The van der Waals surface area contributed by atoms with Crippen molar-refractivity contribution < 1.29 is 19.1 Å². The number of hydrogen-bond donors (Lipinski definition) is 0. The highest BCUT2D eigenvalue weighted by Gasteiger charge is 2.63. The van der Waals surface area contributed by atoms with Crippen LogP contribution in [0.2, 0.25) is 0 Å². The summed E-state index contributed by atoms with van der Waals surface area (Å²) >= 11 is 0. The fourth-order valence-electron chi connectivity index (χ4n) is 7.64. The monoisotopic (exact) mass is 372 g/mol. The number of rotatable bonds is 2. The van der Waals surface area contributed by atoms with Gasteiger partial charge in [-0.25, -0.2) is 0 Å². The maximum atomic E-state index is 12.4. The average Bonchev–Trinajstić information content (AvgIpc) is 2.91. The van der Waals surface area contributed by atoms with Crippen molar-refractivity contribution in [2.45, 2.75) is 78.7 Å². The molecule has 4 rings (SSSR count). The summed E-state index contributed by atoms with van der Waals surface area (Å²) in [4.78, 5) is 36.4. The first-order valence-electron chi connectivity index (χ1n) is 10.6. The van der Waals surface area contributed by atoms with Crippen molar-refractivity contribution >= 4 is 17.5 Å². The second-order valence-corrected chi connectivity index (χ2v) is 9.99. The second kappa shape index (κ2) is 6.28. The topological polar surface area (TPSA) is 60.4 Å². The zero-order valence-electron chi connectivity index (χ0n) is 17.0. The molecular formula is C23H32O4. The number of carbonyl (C=O) groups is 3. The number of Topliss-reactive ketones (excluding diaryl/α,β-unsaturated/α-hetero) is 1. The van der Waals surface area contributed by atoms with Gasteiger partial charge in [0.05, 0.1) is 0 Å². The SMILES string of the molecule is CC(=O)O[C@@H]1C[C@@]2(C)[C@H](CC[C@H]2C(C)=O)[C@H]2CCC3=CC(=O)CC[C@]3(C)[C@H]21. The van der Waals surface area contributed by atoms with E-state index in [0.29, 0.717) is 18.3 Å². The van der Waals surface area contributed by atoms with Crippen molar-refractivity contribution in [1.29, 1.82) is 0 Å². The molecule has 0 aromatic rings. The van der Waals surface area contributed by atoms with E-state index in [1.165, 1.54) is 12.5 Å². The Bertz CT molecular complexity index is 722. The molecule has 0 spiro atoms. The molecule has 0 aliphatic heterocycles. The predicted molar refractivity (Wildman–Crippen MR) is 102 cm³/mol. The van der Waals surface area contributed by atoms with Crippen molar-refractivity contribution in [2.75, 3.05) is 0 Å². The molecule has 3 fully saturated rings. The molecule has 0 heterocycles. The molecule has 0 bridgehead atoms. The Kier molecular flexibility index (Phi) is 4.40. The van der Waals surface area contributed by atoms with E-state index in [0.717, 1.165) is 38.5 Å². The van der Waals surface area contributed by atoms with Crippen LogP contribution >= 0.6 is 0 Å². The molecule has 4 heteroatoms. The molecule has 0 aromatic carbocycles. The minimum Gasteiger partial charge on any atom is -0.462 e. The van der Waals surface area contributed by atoms with Crippen molar-refractivity contribution in [3.8, 4) is 0 Å². The van der Waals surface area contributed by atoms with Crippen molar-refractivity contribution in [1.82, 2.24) is 0 Å². The van der Waals surface area contributed by atoms with Gasteiger partial charge in [0, 0.05) is 25.2 Å². The third-order valence-corrected chi connectivity index (χ3v) is 8.68. The van der Waals surface area contributed by atoms with Crippen molar-refractivity contribution in [3.05, 3.63) is 11.6 Å². The molecule has 7 atom stereocenters. The van der Waals surface area contributed by atoms with E-state index in [1.54, 1.807) is 6.92 Å². The number of esters is 1. The largest absolute Gasteiger partial charge is 0.462 e. The van der Waals surface area contributed by atoms with Crippen LogP contribution in [-0.4, -0.2) is 23.6 Å². The van der Waals surface area contributed by atoms with Gasteiger partial charge in [0.15, 0.2) is 5.78 Å². The molecule has 0 radical (unpaired) electrons. The Hall–Kier alpha value is -1.45. The summed E-state index contributed by atoms with van der Waals surface area (Å²) in [6.07, 6.45) is 8.02. The smallest absolute Gasteiger partial charge is 0.302 e. The summed E-state index contributed by atoms with van der Waals surface area (Å²) in [6, 6.07) is 0. The second-order valence-electron chi connectivity index (χ2n) is 9.99. The maximum Gasteiger partial charge on any atom is 0.302 e. The zero-order valence-corrected chi connectivity index (χ0v) is 17.0. The molecule has 4 aliphatic rings. The van der Waals surface area contributed by atoms with Gasteiger partial charge in [0.1, 0.15) is 11.9 Å². The van der Waals surface area contributed by atoms with E-state index in [9.17, 15) is 14.4 Å². The Morgan fingerprint density at radius 1 is 1.11 bits per heavy atom. The highest BCUT2D eigenvalue weighted by Crippen LogP contribution is 2.67. The Balaban J connectivity index is 1.77. The Morgan fingerprint density at radius 2 is 1.85 bits per heavy atom. The summed E-state index contributed by atoms with van der Waals surface area (Å²) < 4.78 is 5.94. The van der Waals surface area contributed by atoms with Crippen LogP contribution in [0.25, 0.3) is 0 Å². The van der Waals surface area contributed by atoms with Gasteiger partial charge < -0.3 is 4.74 Å². The number of hydrogen-bond acceptors (Lipinski definition) is 4. The normalized spacial score (nSPS) is 46.0. The molecular weight excluding hydrogens is 340 g/mol. The Morgan fingerprint density at radius 3 is 2.52 bits per heavy atom. The van der Waals surface area contributed by atoms with E-state index in [-0.39, 0.29) is 46.3 Å². The molecule has 0 N–H and O–H groups in total. The lowest BCUT2D eigenvalue weighted by Crippen LogP contribution is -2.57. The van der Waals surface area contributed by atoms with Crippen LogP contribution in [0.15, 0.2) is 11.6 Å². The van der Waals surface area contributed by atoms with Crippen molar-refractivity contribution in [2.24, 2.45) is 34.5 Å². The lowest BCUT2D eigenvalue weighted by molar-refractivity contribution is -0.176. The number of allylic oxidation sites excluding steroid dienone is 1. The standard InChI is InChI=1S/C23H32O4/c1-13(24)18-7-8-19-17-6-5-15-11-16(26)9-10-22(15,3)21(17)20(27-14(2)25)12-23(18,19)4/h11,17-21H,5-10,12H2,1-4H3/t17-,18+,19-,20-,21-,22+,23-/m1/s1. The lowest BCUT2D eigenvalue weighted by Gasteiger charge is -2.60. The van der Waals surface area contributed by atoms with Crippen LogP contribution in [0.3, 0.4) is 0 Å². The lowest BCUT2D eigenvalue weighted by atomic mass is 9.46. The van der Waals surface area contributed by atoms with Gasteiger partial charge in [0.2, 0.25) is 0 Å². The van der Waals surface area contributed by atoms with Gasteiger partial charge >= 0.3 is 5.97 Å². The van der Waals surface area contributed by atoms with E-state index >= 15 is 0 Å². The molecule has 0 unspecified atom stereocenters. The fraction of sp³-hybridized carbons (Fsp3) is 0.783. The number of ether oxygens (including phenoxy) is 1. The maximum absolute atomic E-state index is 12.4. The van der Waals surface area contributed by atoms with Crippen LogP contribution in [0.4, 0.5) is 0 Å². The molecule has 0 saturated heterocycles. The zero-order chi connectivity index (χ0) is 19.6. The van der Waals surface area contributed by atoms with Gasteiger partial charge in [-0.2, -0.15) is 0 Å². The van der Waals surface area contributed by atoms with E-state index in [4.69, 9.17) is 4.74 Å². The van der Waals surface area contributed by atoms with E-state index in [2.05, 4.69) is 13.8 Å². The van der Waals surface area contributed by atoms with E-state index in [1.807, 2.05) is 6.08 Å². The highest BCUT2D eigenvalue weighted by atomic mass is 16.5.